The predicted molar refractivity (Wildman–Crippen MR) is 141 cm³/mol. The van der Waals surface area contributed by atoms with Crippen LogP contribution in [0.25, 0.3) is 11.1 Å². The highest BCUT2D eigenvalue weighted by Gasteiger charge is 2.30. The van der Waals surface area contributed by atoms with Crippen LogP contribution in [0.15, 0.2) is 66.7 Å². The van der Waals surface area contributed by atoms with E-state index in [4.69, 9.17) is 5.73 Å². The van der Waals surface area contributed by atoms with Crippen LogP contribution in [0.5, 0.6) is 0 Å². The van der Waals surface area contributed by atoms with Crippen molar-refractivity contribution >= 4 is 23.5 Å². The van der Waals surface area contributed by atoms with Gasteiger partial charge in [-0.15, -0.1) is 0 Å². The molecule has 1 atom stereocenters. The third-order valence-corrected chi connectivity index (χ3v) is 6.66. The zero-order chi connectivity index (χ0) is 28.2. The molecule has 204 valence electrons. The summed E-state index contributed by atoms with van der Waals surface area (Å²) in [5.41, 5.74) is 9.38. The summed E-state index contributed by atoms with van der Waals surface area (Å²) in [5, 5.41) is 5.71. The molecule has 0 fully saturated rings. The van der Waals surface area contributed by atoms with E-state index in [1.807, 2.05) is 18.2 Å². The highest BCUT2D eigenvalue weighted by Crippen LogP contribution is 2.34. The summed E-state index contributed by atoms with van der Waals surface area (Å²) in [5.74, 6) is -0.720. The summed E-state index contributed by atoms with van der Waals surface area (Å²) in [6.07, 6.45) is -3.52. The number of fused-ring (bicyclic) bond motifs is 1. The van der Waals surface area contributed by atoms with Crippen molar-refractivity contribution in [2.45, 2.75) is 44.9 Å². The molecule has 0 spiro atoms. The van der Waals surface area contributed by atoms with E-state index >= 15 is 0 Å². The number of carbonyl (C=O) groups excluding carboxylic acids is 3. The first kappa shape index (κ1) is 27.7. The fraction of sp³-hybridized carbons (Fsp3) is 0.276. The molecule has 3 aromatic carbocycles. The summed E-state index contributed by atoms with van der Waals surface area (Å²) in [6, 6.07) is 16.9. The minimum Gasteiger partial charge on any atom is -0.370 e. The largest absolute Gasteiger partial charge is 0.416 e. The standard InChI is InChI=1S/C29H29F3N4O3/c1-18(37)34-23-6-2-4-20(16-23)26(12-13-27(33)38)35-28(39)36-15-14-25-21(17-36)5-3-7-24(25)19-8-10-22(11-9-19)29(30,31)32/h2-11,16,26H,12-15,17H2,1H3,(H2,33,38)(H,34,37)(H,35,39)/t26-/m0/s1. The van der Waals surface area contributed by atoms with Crippen molar-refractivity contribution < 1.29 is 27.6 Å². The molecule has 7 nitrogen and oxygen atoms in total. The Bertz CT molecular complexity index is 1370. The zero-order valence-corrected chi connectivity index (χ0v) is 21.3. The van der Waals surface area contributed by atoms with Crippen LogP contribution in [0, 0.1) is 0 Å². The Hall–Kier alpha value is -4.34. The number of hydrogen-bond acceptors (Lipinski definition) is 3. The van der Waals surface area contributed by atoms with Gasteiger partial charge in [0.05, 0.1) is 11.6 Å². The number of urea groups is 1. The smallest absolute Gasteiger partial charge is 0.370 e. The summed E-state index contributed by atoms with van der Waals surface area (Å²) in [7, 11) is 0. The molecule has 0 aromatic heterocycles. The molecule has 0 unspecified atom stereocenters. The van der Waals surface area contributed by atoms with E-state index in [2.05, 4.69) is 10.6 Å². The maximum atomic E-state index is 13.3. The second kappa shape index (κ2) is 11.6. The quantitative estimate of drug-likeness (QED) is 0.375. The van der Waals surface area contributed by atoms with Crippen LogP contribution in [0.1, 0.15) is 48.1 Å². The fourth-order valence-electron chi connectivity index (χ4n) is 4.78. The monoisotopic (exact) mass is 538 g/mol. The van der Waals surface area contributed by atoms with Gasteiger partial charge in [-0.1, -0.05) is 42.5 Å². The van der Waals surface area contributed by atoms with Gasteiger partial charge >= 0.3 is 12.2 Å². The number of alkyl halides is 3. The number of amides is 4. The van der Waals surface area contributed by atoms with Crippen molar-refractivity contribution in [2.75, 3.05) is 11.9 Å². The summed E-state index contributed by atoms with van der Waals surface area (Å²) < 4.78 is 39.0. The van der Waals surface area contributed by atoms with Crippen molar-refractivity contribution in [1.29, 1.82) is 0 Å². The van der Waals surface area contributed by atoms with Gasteiger partial charge in [-0.05, 0) is 64.9 Å². The van der Waals surface area contributed by atoms with Crippen LogP contribution >= 0.6 is 0 Å². The second-order valence-electron chi connectivity index (χ2n) is 9.50. The molecular weight excluding hydrogens is 509 g/mol. The van der Waals surface area contributed by atoms with E-state index in [-0.39, 0.29) is 24.8 Å². The van der Waals surface area contributed by atoms with Gasteiger partial charge in [-0.3, -0.25) is 9.59 Å². The van der Waals surface area contributed by atoms with Crippen LogP contribution < -0.4 is 16.4 Å². The molecular formula is C29H29F3N4O3. The number of halogens is 3. The van der Waals surface area contributed by atoms with Crippen LogP contribution in [0.2, 0.25) is 0 Å². The number of benzene rings is 3. The van der Waals surface area contributed by atoms with E-state index in [1.54, 1.807) is 29.2 Å². The molecule has 4 rings (SSSR count). The Morgan fingerprint density at radius 2 is 1.74 bits per heavy atom. The molecule has 10 heteroatoms. The lowest BCUT2D eigenvalue weighted by molar-refractivity contribution is -0.137. The maximum absolute atomic E-state index is 13.3. The lowest BCUT2D eigenvalue weighted by Gasteiger charge is -2.32. The fourth-order valence-corrected chi connectivity index (χ4v) is 4.78. The number of hydrogen-bond donors (Lipinski definition) is 3. The first-order valence-corrected chi connectivity index (χ1v) is 12.5. The highest BCUT2D eigenvalue weighted by molar-refractivity contribution is 5.88. The van der Waals surface area contributed by atoms with Crippen molar-refractivity contribution in [3.05, 3.63) is 89.0 Å². The number of nitrogens with zero attached hydrogens (tertiary/aromatic N) is 1. The molecule has 4 amide bonds. The van der Waals surface area contributed by atoms with Crippen molar-refractivity contribution in [1.82, 2.24) is 10.2 Å². The number of nitrogens with one attached hydrogen (secondary N) is 2. The first-order valence-electron chi connectivity index (χ1n) is 12.5. The summed E-state index contributed by atoms with van der Waals surface area (Å²) in [4.78, 5) is 37.9. The lowest BCUT2D eigenvalue weighted by Crippen LogP contribution is -2.44. The van der Waals surface area contributed by atoms with Crippen LogP contribution in [-0.4, -0.2) is 29.3 Å². The molecule has 4 N–H and O–H groups in total. The minimum absolute atomic E-state index is 0.0641. The molecule has 0 aliphatic carbocycles. The van der Waals surface area contributed by atoms with Gasteiger partial charge in [-0.25, -0.2) is 4.79 Å². The average Bonchev–Trinajstić information content (AvgIpc) is 2.89. The Morgan fingerprint density at radius 3 is 2.41 bits per heavy atom. The third kappa shape index (κ3) is 6.95. The Morgan fingerprint density at radius 1 is 1.03 bits per heavy atom. The van der Waals surface area contributed by atoms with Gasteiger partial charge in [0.15, 0.2) is 0 Å². The SMILES string of the molecule is CC(=O)Nc1cccc([C@H](CCC(N)=O)NC(=O)N2CCc3c(cccc3-c3ccc(C(F)(F)F)cc3)C2)c1. The van der Waals surface area contributed by atoms with Gasteiger partial charge < -0.3 is 21.3 Å². The average molecular weight is 539 g/mol. The molecule has 0 radical (unpaired) electrons. The van der Waals surface area contributed by atoms with Crippen molar-refractivity contribution in [2.24, 2.45) is 5.73 Å². The summed E-state index contributed by atoms with van der Waals surface area (Å²) >= 11 is 0. The van der Waals surface area contributed by atoms with Gasteiger partial charge in [-0.2, -0.15) is 13.2 Å². The molecule has 0 saturated heterocycles. The van der Waals surface area contributed by atoms with E-state index in [1.165, 1.54) is 19.1 Å². The zero-order valence-electron chi connectivity index (χ0n) is 21.3. The van der Waals surface area contributed by atoms with Gasteiger partial charge in [0.25, 0.3) is 0 Å². The number of nitrogens with two attached hydrogens (primary N) is 1. The van der Waals surface area contributed by atoms with Gasteiger partial charge in [0.1, 0.15) is 0 Å². The third-order valence-electron chi connectivity index (χ3n) is 6.66. The van der Waals surface area contributed by atoms with Crippen molar-refractivity contribution in [3.63, 3.8) is 0 Å². The predicted octanol–water partition coefficient (Wildman–Crippen LogP) is 5.41. The molecule has 0 bridgehead atoms. The van der Waals surface area contributed by atoms with Crippen molar-refractivity contribution in [3.8, 4) is 11.1 Å². The Balaban J connectivity index is 1.51. The number of rotatable bonds is 7. The van der Waals surface area contributed by atoms with E-state index in [0.29, 0.717) is 30.8 Å². The van der Waals surface area contributed by atoms with E-state index in [0.717, 1.165) is 34.4 Å². The summed E-state index contributed by atoms with van der Waals surface area (Å²) in [6.45, 7) is 2.13. The lowest BCUT2D eigenvalue weighted by atomic mass is 9.90. The minimum atomic E-state index is -4.40. The Labute approximate surface area is 224 Å². The molecule has 1 heterocycles. The normalized spacial score (nSPS) is 13.8. The molecule has 3 aromatic rings. The van der Waals surface area contributed by atoms with E-state index in [9.17, 15) is 27.6 Å². The topological polar surface area (TPSA) is 105 Å². The second-order valence-corrected chi connectivity index (χ2v) is 9.50. The number of anilines is 1. The maximum Gasteiger partial charge on any atom is 0.416 e. The number of primary amides is 1. The highest BCUT2D eigenvalue weighted by atomic mass is 19.4. The Kier molecular flexibility index (Phi) is 8.23. The van der Waals surface area contributed by atoms with Crippen LogP contribution in [0.4, 0.5) is 23.7 Å². The first-order chi connectivity index (χ1) is 18.5. The van der Waals surface area contributed by atoms with Gasteiger partial charge in [0.2, 0.25) is 11.8 Å². The number of carbonyl (C=O) groups is 3. The molecule has 1 aliphatic heterocycles. The van der Waals surface area contributed by atoms with Crippen LogP contribution in [0.3, 0.4) is 0 Å². The molecule has 0 saturated carbocycles. The van der Waals surface area contributed by atoms with Gasteiger partial charge in [0, 0.05) is 32.1 Å². The molecule has 1 aliphatic rings. The molecule has 39 heavy (non-hydrogen) atoms. The van der Waals surface area contributed by atoms with E-state index < -0.39 is 23.7 Å². The van der Waals surface area contributed by atoms with Crippen LogP contribution in [-0.2, 0) is 28.7 Å².